The number of hydrogen-bond donors (Lipinski definition) is 2. The Balaban J connectivity index is 2.34. The molecule has 0 saturated heterocycles. The van der Waals surface area contributed by atoms with E-state index in [1.165, 1.54) is 0 Å². The molecule has 1 aromatic heterocycles. The average molecular weight is 245 g/mol. The normalized spacial score (nSPS) is 12.4. The molecule has 0 fully saturated rings. The van der Waals surface area contributed by atoms with E-state index in [2.05, 4.69) is 9.97 Å². The van der Waals surface area contributed by atoms with E-state index in [1.807, 2.05) is 38.1 Å². The number of rotatable bonds is 4. The first-order chi connectivity index (χ1) is 8.60. The van der Waals surface area contributed by atoms with Gasteiger partial charge in [0.25, 0.3) is 0 Å². The summed E-state index contributed by atoms with van der Waals surface area (Å²) in [7, 11) is 1.66. The second-order valence-electron chi connectivity index (χ2n) is 4.57. The maximum Gasteiger partial charge on any atom is 0.119 e. The van der Waals surface area contributed by atoms with Gasteiger partial charge in [-0.25, -0.2) is 4.98 Å². The molecule has 0 spiro atoms. The van der Waals surface area contributed by atoms with Gasteiger partial charge >= 0.3 is 0 Å². The predicted octanol–water partition coefficient (Wildman–Crippen LogP) is 2.28. The summed E-state index contributed by atoms with van der Waals surface area (Å²) in [5.74, 6) is 1.77. The number of nitrogens with zero attached hydrogens (tertiary/aromatic N) is 1. The Bertz CT molecular complexity index is 532. The summed E-state index contributed by atoms with van der Waals surface area (Å²) in [6, 6.07) is 8.01. The van der Waals surface area contributed by atoms with Gasteiger partial charge in [-0.05, 0) is 26.0 Å². The van der Waals surface area contributed by atoms with Gasteiger partial charge in [-0.1, -0.05) is 12.1 Å². The highest BCUT2D eigenvalue weighted by atomic mass is 16.5. The molecule has 0 amide bonds. The first-order valence-electron chi connectivity index (χ1n) is 6.05. The lowest BCUT2D eigenvalue weighted by molar-refractivity contribution is 0.415. The summed E-state index contributed by atoms with van der Waals surface area (Å²) in [5, 5.41) is 0. The molecule has 0 bridgehead atoms. The molecular weight excluding hydrogens is 226 g/mol. The molecule has 1 unspecified atom stereocenters. The van der Waals surface area contributed by atoms with Crippen LogP contribution in [0, 0.1) is 6.92 Å². The molecule has 0 radical (unpaired) electrons. The number of nitrogens with one attached hydrogen (secondary N) is 1. The Morgan fingerprint density at radius 2 is 2.22 bits per heavy atom. The number of nitrogens with two attached hydrogens (primary N) is 1. The van der Waals surface area contributed by atoms with E-state index in [0.717, 1.165) is 34.9 Å². The number of aromatic amines is 1. The van der Waals surface area contributed by atoms with Crippen molar-refractivity contribution < 1.29 is 4.74 Å². The zero-order chi connectivity index (χ0) is 13.1. The molecule has 2 aromatic rings. The molecule has 4 nitrogen and oxygen atoms in total. The molecule has 0 aliphatic rings. The number of benzene rings is 1. The van der Waals surface area contributed by atoms with Crippen LogP contribution in [0.3, 0.4) is 0 Å². The van der Waals surface area contributed by atoms with Crippen molar-refractivity contribution in [1.82, 2.24) is 9.97 Å². The quantitative estimate of drug-likeness (QED) is 0.868. The Labute approximate surface area is 107 Å². The summed E-state index contributed by atoms with van der Waals surface area (Å²) in [4.78, 5) is 7.88. The van der Waals surface area contributed by atoms with Crippen molar-refractivity contribution in [3.63, 3.8) is 0 Å². The van der Waals surface area contributed by atoms with Gasteiger partial charge in [-0.2, -0.15) is 0 Å². The standard InChI is InChI=1S/C14H19N3O/c1-9(15)7-13-16-10(2)14(17-13)11-5-4-6-12(8-11)18-3/h4-6,8-9H,7,15H2,1-3H3,(H,16,17). The topological polar surface area (TPSA) is 63.9 Å². The van der Waals surface area contributed by atoms with Gasteiger partial charge in [-0.3, -0.25) is 0 Å². The molecule has 0 aliphatic heterocycles. The van der Waals surface area contributed by atoms with Crippen LogP contribution >= 0.6 is 0 Å². The fraction of sp³-hybridized carbons (Fsp3) is 0.357. The van der Waals surface area contributed by atoms with Crippen LogP contribution in [0.1, 0.15) is 18.4 Å². The Kier molecular flexibility index (Phi) is 3.67. The summed E-state index contributed by atoms with van der Waals surface area (Å²) in [6.45, 7) is 4.00. The number of aromatic nitrogens is 2. The molecule has 0 aliphatic carbocycles. The van der Waals surface area contributed by atoms with E-state index in [4.69, 9.17) is 10.5 Å². The molecule has 3 N–H and O–H groups in total. The summed E-state index contributed by atoms with van der Waals surface area (Å²) in [6.07, 6.45) is 0.755. The van der Waals surface area contributed by atoms with Gasteiger partial charge in [0, 0.05) is 23.7 Å². The van der Waals surface area contributed by atoms with E-state index >= 15 is 0 Å². The van der Waals surface area contributed by atoms with Gasteiger partial charge in [0.1, 0.15) is 11.6 Å². The molecule has 1 atom stereocenters. The number of ether oxygens (including phenoxy) is 1. The van der Waals surface area contributed by atoms with Crippen LogP contribution in [0.5, 0.6) is 5.75 Å². The van der Waals surface area contributed by atoms with Crippen molar-refractivity contribution in [2.45, 2.75) is 26.3 Å². The maximum absolute atomic E-state index is 5.79. The zero-order valence-corrected chi connectivity index (χ0v) is 11.0. The monoisotopic (exact) mass is 245 g/mol. The van der Waals surface area contributed by atoms with Crippen molar-refractivity contribution in [1.29, 1.82) is 0 Å². The maximum atomic E-state index is 5.79. The first kappa shape index (κ1) is 12.6. The third-order valence-electron chi connectivity index (χ3n) is 2.79. The predicted molar refractivity (Wildman–Crippen MR) is 72.7 cm³/mol. The second kappa shape index (κ2) is 5.23. The molecule has 18 heavy (non-hydrogen) atoms. The lowest BCUT2D eigenvalue weighted by Crippen LogP contribution is -2.18. The Hall–Kier alpha value is -1.81. The lowest BCUT2D eigenvalue weighted by Gasteiger charge is -2.02. The van der Waals surface area contributed by atoms with Crippen molar-refractivity contribution in [3.8, 4) is 17.0 Å². The molecule has 1 heterocycles. The van der Waals surface area contributed by atoms with Crippen molar-refractivity contribution in [2.75, 3.05) is 7.11 Å². The van der Waals surface area contributed by atoms with Crippen LogP contribution in [0.25, 0.3) is 11.3 Å². The molecule has 2 rings (SSSR count). The van der Waals surface area contributed by atoms with Crippen LogP contribution in [0.15, 0.2) is 24.3 Å². The Morgan fingerprint density at radius 1 is 1.44 bits per heavy atom. The van der Waals surface area contributed by atoms with E-state index in [-0.39, 0.29) is 6.04 Å². The van der Waals surface area contributed by atoms with E-state index in [1.54, 1.807) is 7.11 Å². The smallest absolute Gasteiger partial charge is 0.119 e. The van der Waals surface area contributed by atoms with Crippen LogP contribution in [-0.2, 0) is 6.42 Å². The van der Waals surface area contributed by atoms with Crippen LogP contribution < -0.4 is 10.5 Å². The molecule has 1 aromatic carbocycles. The van der Waals surface area contributed by atoms with E-state index < -0.39 is 0 Å². The van der Waals surface area contributed by atoms with Gasteiger partial charge < -0.3 is 15.5 Å². The van der Waals surface area contributed by atoms with Gasteiger partial charge in [0.2, 0.25) is 0 Å². The minimum atomic E-state index is 0.105. The minimum absolute atomic E-state index is 0.105. The summed E-state index contributed by atoms with van der Waals surface area (Å²) < 4.78 is 5.23. The number of hydrogen-bond acceptors (Lipinski definition) is 3. The van der Waals surface area contributed by atoms with Gasteiger partial charge in [0.05, 0.1) is 12.8 Å². The third-order valence-corrected chi connectivity index (χ3v) is 2.79. The summed E-state index contributed by atoms with van der Waals surface area (Å²) in [5.41, 5.74) is 8.86. The largest absolute Gasteiger partial charge is 0.497 e. The first-order valence-corrected chi connectivity index (χ1v) is 6.05. The number of methoxy groups -OCH3 is 1. The van der Waals surface area contributed by atoms with Gasteiger partial charge in [-0.15, -0.1) is 0 Å². The number of imidazole rings is 1. The van der Waals surface area contributed by atoms with E-state index in [0.29, 0.717) is 0 Å². The fourth-order valence-electron chi connectivity index (χ4n) is 1.98. The molecule has 0 saturated carbocycles. The fourth-order valence-corrected chi connectivity index (χ4v) is 1.98. The lowest BCUT2D eigenvalue weighted by atomic mass is 10.1. The summed E-state index contributed by atoms with van der Waals surface area (Å²) >= 11 is 0. The molecular formula is C14H19N3O. The van der Waals surface area contributed by atoms with Crippen LogP contribution in [-0.4, -0.2) is 23.1 Å². The number of H-pyrrole nitrogens is 1. The Morgan fingerprint density at radius 3 is 2.89 bits per heavy atom. The molecule has 4 heteroatoms. The minimum Gasteiger partial charge on any atom is -0.497 e. The number of aryl methyl sites for hydroxylation is 1. The zero-order valence-electron chi connectivity index (χ0n) is 11.0. The van der Waals surface area contributed by atoms with Crippen molar-refractivity contribution >= 4 is 0 Å². The third kappa shape index (κ3) is 2.71. The molecule has 96 valence electrons. The highest BCUT2D eigenvalue weighted by Crippen LogP contribution is 2.25. The van der Waals surface area contributed by atoms with Crippen LogP contribution in [0.4, 0.5) is 0 Å². The highest BCUT2D eigenvalue weighted by Gasteiger charge is 2.10. The van der Waals surface area contributed by atoms with Crippen LogP contribution in [0.2, 0.25) is 0 Å². The average Bonchev–Trinajstić information content (AvgIpc) is 2.69. The second-order valence-corrected chi connectivity index (χ2v) is 4.57. The SMILES string of the molecule is COc1cccc(-c2nc(CC(C)N)[nH]c2C)c1. The van der Waals surface area contributed by atoms with E-state index in [9.17, 15) is 0 Å². The van der Waals surface area contributed by atoms with Gasteiger partial charge in [0.15, 0.2) is 0 Å². The highest BCUT2D eigenvalue weighted by molar-refractivity contribution is 5.63. The van der Waals surface area contributed by atoms with Crippen molar-refractivity contribution in [2.24, 2.45) is 5.73 Å². The van der Waals surface area contributed by atoms with Crippen molar-refractivity contribution in [3.05, 3.63) is 35.8 Å².